The number of amides is 1. The lowest BCUT2D eigenvalue weighted by atomic mass is 10.1. The molecule has 1 aromatic carbocycles. The van der Waals surface area contributed by atoms with E-state index >= 15 is 0 Å². The first-order valence-corrected chi connectivity index (χ1v) is 8.27. The molecule has 1 aromatic rings. The van der Waals surface area contributed by atoms with Crippen LogP contribution in [-0.4, -0.2) is 37.0 Å². The average Bonchev–Trinajstić information content (AvgIpc) is 2.94. The zero-order valence-electron chi connectivity index (χ0n) is 11.9. The number of benzene rings is 1. The van der Waals surface area contributed by atoms with Crippen LogP contribution in [0.15, 0.2) is 28.7 Å². The van der Waals surface area contributed by atoms with E-state index < -0.39 is 0 Å². The summed E-state index contributed by atoms with van der Waals surface area (Å²) in [5.41, 5.74) is 1.06. The van der Waals surface area contributed by atoms with E-state index in [1.165, 1.54) is 38.9 Å². The zero-order chi connectivity index (χ0) is 14.2. The van der Waals surface area contributed by atoms with Gasteiger partial charge in [0.1, 0.15) is 0 Å². The maximum Gasteiger partial charge on any atom is 0.224 e. The summed E-state index contributed by atoms with van der Waals surface area (Å²) in [5, 5.41) is 3.00. The number of unbranched alkanes of at least 4 members (excludes halogenated alkanes) is 1. The summed E-state index contributed by atoms with van der Waals surface area (Å²) < 4.78 is 1.04. The molecule has 1 amide bonds. The molecule has 4 heteroatoms. The molecule has 0 unspecified atom stereocenters. The second kappa shape index (κ2) is 8.42. The van der Waals surface area contributed by atoms with Crippen LogP contribution < -0.4 is 5.32 Å². The second-order valence-corrected chi connectivity index (χ2v) is 6.32. The minimum atomic E-state index is 0.119. The zero-order valence-corrected chi connectivity index (χ0v) is 13.5. The number of halogens is 1. The quantitative estimate of drug-likeness (QED) is 0.775. The molecule has 3 nitrogen and oxygen atoms in total. The van der Waals surface area contributed by atoms with E-state index in [0.717, 1.165) is 23.0 Å². The van der Waals surface area contributed by atoms with E-state index in [1.807, 2.05) is 24.3 Å². The Hall–Kier alpha value is -0.870. The van der Waals surface area contributed by atoms with Crippen molar-refractivity contribution in [2.45, 2.75) is 32.1 Å². The molecule has 20 heavy (non-hydrogen) atoms. The van der Waals surface area contributed by atoms with Crippen molar-refractivity contribution in [3.63, 3.8) is 0 Å². The van der Waals surface area contributed by atoms with Gasteiger partial charge in [-0.3, -0.25) is 4.79 Å². The van der Waals surface area contributed by atoms with Gasteiger partial charge in [-0.15, -0.1) is 0 Å². The molecule has 1 N–H and O–H groups in total. The van der Waals surface area contributed by atoms with E-state index in [0.29, 0.717) is 6.42 Å². The van der Waals surface area contributed by atoms with Crippen LogP contribution >= 0.6 is 15.9 Å². The fourth-order valence-corrected chi connectivity index (χ4v) is 2.81. The fraction of sp³-hybridized carbons (Fsp3) is 0.562. The van der Waals surface area contributed by atoms with Crippen molar-refractivity contribution >= 4 is 21.8 Å². The van der Waals surface area contributed by atoms with Gasteiger partial charge in [-0.05, 0) is 63.0 Å². The number of carbonyl (C=O) groups excluding carboxylic acids is 1. The Balaban J connectivity index is 1.54. The number of rotatable bonds is 7. The van der Waals surface area contributed by atoms with Crippen molar-refractivity contribution in [1.82, 2.24) is 10.2 Å². The standard InChI is InChI=1S/C16H23BrN2O/c17-15-7-5-14(6-8-15)13-16(20)18-9-1-2-10-19-11-3-4-12-19/h5-8H,1-4,9-13H2,(H,18,20). The summed E-state index contributed by atoms with van der Waals surface area (Å²) in [5.74, 6) is 0.119. The second-order valence-electron chi connectivity index (χ2n) is 5.41. The Morgan fingerprint density at radius 3 is 2.55 bits per heavy atom. The minimum Gasteiger partial charge on any atom is -0.356 e. The highest BCUT2D eigenvalue weighted by Crippen LogP contribution is 2.11. The normalized spacial score (nSPS) is 15.4. The highest BCUT2D eigenvalue weighted by atomic mass is 79.9. The lowest BCUT2D eigenvalue weighted by molar-refractivity contribution is -0.120. The van der Waals surface area contributed by atoms with Gasteiger partial charge in [-0.1, -0.05) is 28.1 Å². The van der Waals surface area contributed by atoms with Crippen LogP contribution in [0.2, 0.25) is 0 Å². The van der Waals surface area contributed by atoms with Crippen LogP contribution in [0.4, 0.5) is 0 Å². The molecule has 0 aliphatic carbocycles. The topological polar surface area (TPSA) is 32.3 Å². The van der Waals surface area contributed by atoms with Gasteiger partial charge in [0.25, 0.3) is 0 Å². The van der Waals surface area contributed by atoms with E-state index in [2.05, 4.69) is 26.1 Å². The highest BCUT2D eigenvalue weighted by molar-refractivity contribution is 9.10. The van der Waals surface area contributed by atoms with Gasteiger partial charge in [0.2, 0.25) is 5.91 Å². The Morgan fingerprint density at radius 2 is 1.85 bits per heavy atom. The molecule has 110 valence electrons. The third kappa shape index (κ3) is 5.63. The molecule has 0 aromatic heterocycles. The molecule has 1 heterocycles. The number of hydrogen-bond donors (Lipinski definition) is 1. The average molecular weight is 339 g/mol. The van der Waals surface area contributed by atoms with Crippen molar-refractivity contribution < 1.29 is 4.79 Å². The van der Waals surface area contributed by atoms with E-state index in [9.17, 15) is 4.79 Å². The lowest BCUT2D eigenvalue weighted by Crippen LogP contribution is -2.27. The smallest absolute Gasteiger partial charge is 0.224 e. The van der Waals surface area contributed by atoms with Crippen molar-refractivity contribution in [3.05, 3.63) is 34.3 Å². The third-order valence-corrected chi connectivity index (χ3v) is 4.23. The van der Waals surface area contributed by atoms with Gasteiger partial charge in [0.05, 0.1) is 6.42 Å². The number of nitrogens with zero attached hydrogens (tertiary/aromatic N) is 1. The Labute approximate surface area is 129 Å². The van der Waals surface area contributed by atoms with Crippen molar-refractivity contribution in [2.75, 3.05) is 26.2 Å². The Bertz CT molecular complexity index is 413. The SMILES string of the molecule is O=C(Cc1ccc(Br)cc1)NCCCCN1CCCC1. The molecule has 1 aliphatic heterocycles. The summed E-state index contributed by atoms with van der Waals surface area (Å²) >= 11 is 3.39. The van der Waals surface area contributed by atoms with Gasteiger partial charge < -0.3 is 10.2 Å². The monoisotopic (exact) mass is 338 g/mol. The van der Waals surface area contributed by atoms with Crippen molar-refractivity contribution in [3.8, 4) is 0 Å². The molecular weight excluding hydrogens is 316 g/mol. The molecular formula is C16H23BrN2O. The van der Waals surface area contributed by atoms with Gasteiger partial charge in [-0.2, -0.15) is 0 Å². The maximum absolute atomic E-state index is 11.8. The fourth-order valence-electron chi connectivity index (χ4n) is 2.54. The van der Waals surface area contributed by atoms with Crippen LogP contribution in [0.3, 0.4) is 0 Å². The first-order valence-electron chi connectivity index (χ1n) is 7.47. The van der Waals surface area contributed by atoms with Crippen LogP contribution in [0.1, 0.15) is 31.2 Å². The van der Waals surface area contributed by atoms with Crippen LogP contribution in [0, 0.1) is 0 Å². The number of likely N-dealkylation sites (tertiary alicyclic amines) is 1. The molecule has 0 spiro atoms. The van der Waals surface area contributed by atoms with Gasteiger partial charge in [-0.25, -0.2) is 0 Å². The molecule has 1 aliphatic rings. The van der Waals surface area contributed by atoms with Crippen molar-refractivity contribution in [2.24, 2.45) is 0 Å². The van der Waals surface area contributed by atoms with Gasteiger partial charge in [0.15, 0.2) is 0 Å². The van der Waals surface area contributed by atoms with Crippen LogP contribution in [-0.2, 0) is 11.2 Å². The molecule has 2 rings (SSSR count). The summed E-state index contributed by atoms with van der Waals surface area (Å²) in [7, 11) is 0. The first kappa shape index (κ1) is 15.5. The highest BCUT2D eigenvalue weighted by Gasteiger charge is 2.10. The minimum absolute atomic E-state index is 0.119. The summed E-state index contributed by atoms with van der Waals surface area (Å²) in [6.07, 6.45) is 5.42. The van der Waals surface area contributed by atoms with Gasteiger partial charge in [0, 0.05) is 11.0 Å². The van der Waals surface area contributed by atoms with Crippen LogP contribution in [0.25, 0.3) is 0 Å². The summed E-state index contributed by atoms with van der Waals surface area (Å²) in [6, 6.07) is 7.91. The van der Waals surface area contributed by atoms with E-state index in [-0.39, 0.29) is 5.91 Å². The van der Waals surface area contributed by atoms with Crippen LogP contribution in [0.5, 0.6) is 0 Å². The molecule has 1 saturated heterocycles. The number of hydrogen-bond acceptors (Lipinski definition) is 2. The number of nitrogens with one attached hydrogen (secondary N) is 1. The first-order chi connectivity index (χ1) is 9.74. The Morgan fingerprint density at radius 1 is 1.15 bits per heavy atom. The summed E-state index contributed by atoms with van der Waals surface area (Å²) in [6.45, 7) is 4.50. The molecule has 0 bridgehead atoms. The largest absolute Gasteiger partial charge is 0.356 e. The van der Waals surface area contributed by atoms with E-state index in [4.69, 9.17) is 0 Å². The van der Waals surface area contributed by atoms with E-state index in [1.54, 1.807) is 0 Å². The third-order valence-electron chi connectivity index (χ3n) is 3.70. The molecule has 0 radical (unpaired) electrons. The maximum atomic E-state index is 11.8. The predicted octanol–water partition coefficient (Wildman–Crippen LogP) is 2.98. The number of carbonyl (C=O) groups is 1. The van der Waals surface area contributed by atoms with Gasteiger partial charge >= 0.3 is 0 Å². The predicted molar refractivity (Wildman–Crippen MR) is 85.8 cm³/mol. The Kier molecular flexibility index (Phi) is 6.54. The molecule has 0 atom stereocenters. The molecule has 0 saturated carbocycles. The lowest BCUT2D eigenvalue weighted by Gasteiger charge is -2.14. The summed E-state index contributed by atoms with van der Waals surface area (Å²) in [4.78, 5) is 14.3. The molecule has 1 fully saturated rings. The van der Waals surface area contributed by atoms with Crippen molar-refractivity contribution in [1.29, 1.82) is 0 Å².